The number of hydrogen-bond donors (Lipinski definition) is 2. The fourth-order valence-corrected chi connectivity index (χ4v) is 4.01. The zero-order valence-electron chi connectivity index (χ0n) is 19.7. The average Bonchev–Trinajstić information content (AvgIpc) is 2.91. The smallest absolute Gasteiger partial charge is 0.335 e. The Labute approximate surface area is 218 Å². The third-order valence-electron chi connectivity index (χ3n) is 5.57. The van der Waals surface area contributed by atoms with Gasteiger partial charge in [-0.3, -0.25) is 4.79 Å². The molecule has 0 radical (unpaired) electrons. The van der Waals surface area contributed by atoms with Crippen LogP contribution in [0.1, 0.15) is 21.5 Å². The van der Waals surface area contributed by atoms with Gasteiger partial charge in [-0.1, -0.05) is 54.1 Å². The van der Waals surface area contributed by atoms with Gasteiger partial charge in [-0.25, -0.2) is 4.79 Å². The average molecular weight is 513 g/mol. The molecule has 0 fully saturated rings. The van der Waals surface area contributed by atoms with Crippen LogP contribution in [-0.4, -0.2) is 24.1 Å². The summed E-state index contributed by atoms with van der Waals surface area (Å²) in [5.74, 6) is -1.04. The topological polar surface area (TPSA) is 109 Å². The molecule has 0 atom stereocenters. The predicted molar refractivity (Wildman–Crippen MR) is 142 cm³/mol. The highest BCUT2D eigenvalue weighted by molar-refractivity contribution is 6.32. The van der Waals surface area contributed by atoms with E-state index >= 15 is 0 Å². The maximum atomic E-state index is 12.6. The largest absolute Gasteiger partial charge is 0.493 e. The maximum absolute atomic E-state index is 12.6. The maximum Gasteiger partial charge on any atom is 0.335 e. The second kappa shape index (κ2) is 11.3. The summed E-state index contributed by atoms with van der Waals surface area (Å²) < 4.78 is 11.5. The van der Waals surface area contributed by atoms with Gasteiger partial charge in [0.1, 0.15) is 18.2 Å². The normalized spacial score (nSPS) is 11.0. The van der Waals surface area contributed by atoms with Crippen LogP contribution in [0.5, 0.6) is 11.5 Å². The van der Waals surface area contributed by atoms with Gasteiger partial charge in [0.25, 0.3) is 5.91 Å². The molecule has 0 aliphatic carbocycles. The number of carbonyl (C=O) groups excluding carboxylic acids is 1. The Morgan fingerprint density at radius 2 is 1.78 bits per heavy atom. The minimum Gasteiger partial charge on any atom is -0.493 e. The molecule has 4 aromatic carbocycles. The summed E-state index contributed by atoms with van der Waals surface area (Å²) in [6.07, 6.45) is 1.38. The number of nitrogens with zero attached hydrogens (tertiary/aromatic N) is 1. The molecule has 4 aromatic rings. The summed E-state index contributed by atoms with van der Waals surface area (Å²) in [7, 11) is 1.47. The lowest BCUT2D eigenvalue weighted by Crippen LogP contribution is -2.13. The number of ether oxygens (including phenoxy) is 2. The number of anilines is 1. The van der Waals surface area contributed by atoms with Gasteiger partial charge in [-0.15, -0.1) is 0 Å². The first-order valence-electron chi connectivity index (χ1n) is 11.1. The van der Waals surface area contributed by atoms with Crippen molar-refractivity contribution in [1.29, 1.82) is 5.26 Å². The first-order chi connectivity index (χ1) is 17.9. The van der Waals surface area contributed by atoms with Crippen LogP contribution in [0.2, 0.25) is 5.02 Å². The van der Waals surface area contributed by atoms with E-state index in [2.05, 4.69) is 5.32 Å². The van der Waals surface area contributed by atoms with E-state index in [9.17, 15) is 14.9 Å². The third kappa shape index (κ3) is 5.89. The summed E-state index contributed by atoms with van der Waals surface area (Å²) in [4.78, 5) is 23.6. The van der Waals surface area contributed by atoms with Crippen molar-refractivity contribution < 1.29 is 24.2 Å². The van der Waals surface area contributed by atoms with E-state index in [4.69, 9.17) is 26.2 Å². The van der Waals surface area contributed by atoms with E-state index in [0.29, 0.717) is 22.7 Å². The number of hydrogen-bond acceptors (Lipinski definition) is 5. The molecule has 0 aliphatic heterocycles. The van der Waals surface area contributed by atoms with Gasteiger partial charge < -0.3 is 19.9 Å². The molecule has 0 heterocycles. The molecular weight excluding hydrogens is 492 g/mol. The van der Waals surface area contributed by atoms with E-state index in [0.717, 1.165) is 16.3 Å². The molecule has 1 amide bonds. The Bertz CT molecular complexity index is 1550. The number of nitrogens with one attached hydrogen (secondary N) is 1. The second-order valence-electron chi connectivity index (χ2n) is 7.97. The summed E-state index contributed by atoms with van der Waals surface area (Å²) >= 11 is 6.51. The number of rotatable bonds is 8. The van der Waals surface area contributed by atoms with Crippen molar-refractivity contribution in [1.82, 2.24) is 0 Å². The molecule has 4 rings (SSSR count). The SMILES string of the molecule is COc1cc(/C=C(\C#N)C(=O)Nc2ccc(C(=O)O)cc2)cc(Cl)c1OCc1cccc2ccccc12. The number of carboxylic acid groups (broad SMARTS) is 1. The van der Waals surface area contributed by atoms with Crippen molar-refractivity contribution in [2.45, 2.75) is 6.61 Å². The second-order valence-corrected chi connectivity index (χ2v) is 8.37. The van der Waals surface area contributed by atoms with Gasteiger partial charge in [0.05, 0.1) is 17.7 Å². The van der Waals surface area contributed by atoms with Crippen LogP contribution in [0.15, 0.2) is 84.4 Å². The molecule has 2 N–H and O–H groups in total. The molecule has 184 valence electrons. The van der Waals surface area contributed by atoms with Crippen LogP contribution >= 0.6 is 11.6 Å². The van der Waals surface area contributed by atoms with Crippen molar-refractivity contribution in [2.24, 2.45) is 0 Å². The molecule has 0 aromatic heterocycles. The van der Waals surface area contributed by atoms with Gasteiger partial charge in [-0.2, -0.15) is 5.26 Å². The Kier molecular flexibility index (Phi) is 7.72. The molecule has 0 saturated carbocycles. The van der Waals surface area contributed by atoms with Gasteiger partial charge >= 0.3 is 5.97 Å². The number of carbonyl (C=O) groups is 2. The number of benzene rings is 4. The lowest BCUT2D eigenvalue weighted by molar-refractivity contribution is -0.112. The van der Waals surface area contributed by atoms with E-state index < -0.39 is 11.9 Å². The summed E-state index contributed by atoms with van der Waals surface area (Å²) in [5.41, 5.74) is 1.71. The molecule has 8 heteroatoms. The number of aromatic carboxylic acids is 1. The first kappa shape index (κ1) is 25.3. The number of carboxylic acids is 1. The molecule has 0 unspecified atom stereocenters. The van der Waals surface area contributed by atoms with Crippen molar-refractivity contribution in [3.63, 3.8) is 0 Å². The van der Waals surface area contributed by atoms with E-state index in [1.165, 1.54) is 37.5 Å². The van der Waals surface area contributed by atoms with E-state index in [1.807, 2.05) is 48.5 Å². The highest BCUT2D eigenvalue weighted by atomic mass is 35.5. The van der Waals surface area contributed by atoms with Crippen molar-refractivity contribution >= 4 is 46.0 Å². The molecule has 7 nitrogen and oxygen atoms in total. The molecule has 37 heavy (non-hydrogen) atoms. The fourth-order valence-electron chi connectivity index (χ4n) is 3.74. The highest BCUT2D eigenvalue weighted by Gasteiger charge is 2.15. The Hall–Kier alpha value is -4.80. The Balaban J connectivity index is 1.54. The van der Waals surface area contributed by atoms with E-state index in [1.54, 1.807) is 12.1 Å². The van der Waals surface area contributed by atoms with Crippen molar-refractivity contribution in [3.8, 4) is 17.6 Å². The number of methoxy groups -OCH3 is 1. The zero-order valence-corrected chi connectivity index (χ0v) is 20.5. The first-order valence-corrected chi connectivity index (χ1v) is 11.5. The van der Waals surface area contributed by atoms with Crippen molar-refractivity contribution in [3.05, 3.63) is 106 Å². The van der Waals surface area contributed by atoms with Crippen molar-refractivity contribution in [2.75, 3.05) is 12.4 Å². The van der Waals surface area contributed by atoms with Gasteiger partial charge in [0.15, 0.2) is 11.5 Å². The zero-order chi connectivity index (χ0) is 26.4. The monoisotopic (exact) mass is 512 g/mol. The Morgan fingerprint density at radius 3 is 2.49 bits per heavy atom. The van der Waals surface area contributed by atoms with Gasteiger partial charge in [-0.05, 0) is 64.4 Å². The standard InChI is InChI=1S/C29H21ClN2O5/c1-36-26-15-18(13-22(16-31)28(33)32-23-11-9-20(10-12-23)29(34)35)14-25(30)27(26)37-17-21-7-4-6-19-5-2-3-8-24(19)21/h2-15H,17H2,1H3,(H,32,33)(H,34,35)/b22-13+. The van der Waals surface area contributed by atoms with Crippen LogP contribution in [0, 0.1) is 11.3 Å². The summed E-state index contributed by atoms with van der Waals surface area (Å²) in [6, 6.07) is 24.6. The number of halogens is 1. The minimum atomic E-state index is -1.08. The van der Waals surface area contributed by atoms with E-state index in [-0.39, 0.29) is 22.8 Å². The lowest BCUT2D eigenvalue weighted by Gasteiger charge is -2.14. The quantitative estimate of drug-likeness (QED) is 0.211. The molecular formula is C29H21ClN2O5. The van der Waals surface area contributed by atoms with Crippen LogP contribution in [-0.2, 0) is 11.4 Å². The number of amides is 1. The van der Waals surface area contributed by atoms with Crippen LogP contribution in [0.3, 0.4) is 0 Å². The van der Waals surface area contributed by atoms with Gasteiger partial charge in [0.2, 0.25) is 0 Å². The van der Waals surface area contributed by atoms with Crippen LogP contribution < -0.4 is 14.8 Å². The molecule has 0 bridgehead atoms. The Morgan fingerprint density at radius 1 is 1.05 bits per heavy atom. The molecule has 0 aliphatic rings. The van der Waals surface area contributed by atoms with Crippen LogP contribution in [0.4, 0.5) is 5.69 Å². The summed E-state index contributed by atoms with van der Waals surface area (Å²) in [5, 5.41) is 23.6. The molecule has 0 saturated heterocycles. The lowest BCUT2D eigenvalue weighted by atomic mass is 10.1. The highest BCUT2D eigenvalue weighted by Crippen LogP contribution is 2.38. The molecule has 0 spiro atoms. The number of nitriles is 1. The number of fused-ring (bicyclic) bond motifs is 1. The third-order valence-corrected chi connectivity index (χ3v) is 5.85. The summed E-state index contributed by atoms with van der Waals surface area (Å²) in [6.45, 7) is 0.263. The van der Waals surface area contributed by atoms with Gasteiger partial charge in [0, 0.05) is 5.69 Å². The fraction of sp³-hybridized carbons (Fsp3) is 0.0690. The van der Waals surface area contributed by atoms with Crippen LogP contribution in [0.25, 0.3) is 16.8 Å². The minimum absolute atomic E-state index is 0.0820. The predicted octanol–water partition coefficient (Wildman–Crippen LogP) is 6.32.